The molecule has 1 aromatic carbocycles. The normalized spacial score (nSPS) is 11.2. The number of imidazole rings is 1. The Balaban J connectivity index is 2.29. The number of hydrogen-bond donors (Lipinski definition) is 1. The molecule has 1 aromatic heterocycles. The number of primary amides is 1. The lowest BCUT2D eigenvalue weighted by atomic mass is 10.3. The molecular weight excluding hydrogens is 304 g/mol. The first-order valence-corrected chi connectivity index (χ1v) is 6.82. The van der Waals surface area contributed by atoms with E-state index in [0.717, 1.165) is 6.07 Å². The zero-order valence-electron chi connectivity index (χ0n) is 11.1. The maximum atomic E-state index is 13.7. The lowest BCUT2D eigenvalue weighted by Crippen LogP contribution is -2.20. The fourth-order valence-corrected chi connectivity index (χ4v) is 2.22. The summed E-state index contributed by atoms with van der Waals surface area (Å²) in [6.45, 7) is 0.251. The minimum Gasteiger partial charge on any atom is -0.370 e. The highest BCUT2D eigenvalue weighted by Gasteiger charge is 2.15. The van der Waals surface area contributed by atoms with Gasteiger partial charge in [0, 0.05) is 24.9 Å². The van der Waals surface area contributed by atoms with E-state index in [0.29, 0.717) is 30.2 Å². The number of carbonyl (C=O) groups is 1. The van der Waals surface area contributed by atoms with Gasteiger partial charge in [-0.15, -0.1) is 11.6 Å². The van der Waals surface area contributed by atoms with Gasteiger partial charge >= 0.3 is 0 Å². The van der Waals surface area contributed by atoms with Gasteiger partial charge in [0.25, 0.3) is 0 Å². The number of rotatable bonds is 7. The molecule has 0 spiro atoms. The summed E-state index contributed by atoms with van der Waals surface area (Å²) < 4.78 is 33.8. The second-order valence-corrected chi connectivity index (χ2v) is 4.77. The average molecular weight is 318 g/mol. The molecule has 0 saturated heterocycles. The van der Waals surface area contributed by atoms with Crippen LogP contribution < -0.4 is 5.73 Å². The predicted octanol–water partition coefficient (Wildman–Crippen LogP) is 1.60. The first-order valence-electron chi connectivity index (χ1n) is 6.29. The van der Waals surface area contributed by atoms with Crippen LogP contribution in [0.15, 0.2) is 12.1 Å². The smallest absolute Gasteiger partial charge is 0.243 e. The van der Waals surface area contributed by atoms with E-state index >= 15 is 0 Å². The molecule has 0 unspecified atom stereocenters. The maximum absolute atomic E-state index is 13.7. The molecule has 21 heavy (non-hydrogen) atoms. The number of carbonyl (C=O) groups excluding carboxylic acids is 1. The van der Waals surface area contributed by atoms with E-state index < -0.39 is 17.5 Å². The third kappa shape index (κ3) is 3.68. The van der Waals surface area contributed by atoms with Crippen LogP contribution in [0.2, 0.25) is 0 Å². The van der Waals surface area contributed by atoms with Gasteiger partial charge in [-0.05, 0) is 6.07 Å². The number of amides is 1. The molecule has 8 heteroatoms. The summed E-state index contributed by atoms with van der Waals surface area (Å²) >= 11 is 5.70. The summed E-state index contributed by atoms with van der Waals surface area (Å²) in [5, 5.41) is 0. The van der Waals surface area contributed by atoms with Crippen molar-refractivity contribution in [1.29, 1.82) is 0 Å². The Morgan fingerprint density at radius 3 is 2.86 bits per heavy atom. The topological polar surface area (TPSA) is 70.1 Å². The summed E-state index contributed by atoms with van der Waals surface area (Å²) in [5.74, 6) is -1.15. The maximum Gasteiger partial charge on any atom is 0.243 e. The van der Waals surface area contributed by atoms with Crippen LogP contribution in [0.3, 0.4) is 0 Å². The Kier molecular flexibility index (Phi) is 5.08. The van der Waals surface area contributed by atoms with Gasteiger partial charge in [0.05, 0.1) is 12.1 Å². The number of nitrogens with two attached hydrogens (primary N) is 1. The van der Waals surface area contributed by atoms with Gasteiger partial charge in [-0.3, -0.25) is 4.79 Å². The highest BCUT2D eigenvalue weighted by Crippen LogP contribution is 2.21. The Hall–Kier alpha value is -1.73. The monoisotopic (exact) mass is 317 g/mol. The average Bonchev–Trinajstić information content (AvgIpc) is 2.73. The molecule has 0 aliphatic heterocycles. The van der Waals surface area contributed by atoms with Crippen molar-refractivity contribution in [2.45, 2.75) is 13.0 Å². The molecule has 0 aliphatic rings. The molecule has 2 aromatic rings. The van der Waals surface area contributed by atoms with Crippen molar-refractivity contribution in [3.05, 3.63) is 29.6 Å². The molecule has 2 rings (SSSR count). The molecule has 2 N–H and O–H groups in total. The standard InChI is InChI=1S/C13H14ClF2N3O2/c14-2-1-12-18-13-9(16)5-8(15)6-10(13)19(12)3-4-21-7-11(17)20/h5-6H,1-4,7H2,(H2,17,20). The summed E-state index contributed by atoms with van der Waals surface area (Å²) in [6, 6.07) is 1.99. The van der Waals surface area contributed by atoms with Gasteiger partial charge in [-0.1, -0.05) is 0 Å². The van der Waals surface area contributed by atoms with Crippen molar-refractivity contribution in [3.8, 4) is 0 Å². The predicted molar refractivity (Wildman–Crippen MR) is 74.1 cm³/mol. The lowest BCUT2D eigenvalue weighted by molar-refractivity contribution is -0.122. The highest BCUT2D eigenvalue weighted by atomic mass is 35.5. The summed E-state index contributed by atoms with van der Waals surface area (Å²) in [6.07, 6.45) is 0.410. The van der Waals surface area contributed by atoms with Gasteiger partial charge in [0.2, 0.25) is 5.91 Å². The fraction of sp³-hybridized carbons (Fsp3) is 0.385. The van der Waals surface area contributed by atoms with Crippen LogP contribution in [0.5, 0.6) is 0 Å². The van der Waals surface area contributed by atoms with Crippen LogP contribution in [-0.4, -0.2) is 34.6 Å². The Morgan fingerprint density at radius 2 is 2.19 bits per heavy atom. The number of aryl methyl sites for hydroxylation is 1. The second-order valence-electron chi connectivity index (χ2n) is 4.39. The number of alkyl halides is 1. The van der Waals surface area contributed by atoms with Crippen LogP contribution in [0.25, 0.3) is 11.0 Å². The zero-order valence-corrected chi connectivity index (χ0v) is 11.9. The number of benzene rings is 1. The second kappa shape index (κ2) is 6.82. The van der Waals surface area contributed by atoms with Crippen LogP contribution in [0.4, 0.5) is 8.78 Å². The Bertz CT molecular complexity index is 660. The van der Waals surface area contributed by atoms with E-state index in [-0.39, 0.29) is 18.7 Å². The molecule has 1 heterocycles. The van der Waals surface area contributed by atoms with Crippen molar-refractivity contribution < 1.29 is 18.3 Å². The van der Waals surface area contributed by atoms with Crippen LogP contribution >= 0.6 is 11.6 Å². The molecule has 114 valence electrons. The third-order valence-electron chi connectivity index (χ3n) is 2.87. The van der Waals surface area contributed by atoms with Gasteiger partial charge in [0.1, 0.15) is 23.8 Å². The molecule has 0 atom stereocenters. The van der Waals surface area contributed by atoms with Gasteiger partial charge in [-0.2, -0.15) is 0 Å². The quantitative estimate of drug-likeness (QED) is 0.623. The largest absolute Gasteiger partial charge is 0.370 e. The number of fused-ring (bicyclic) bond motifs is 1. The van der Waals surface area contributed by atoms with Crippen LogP contribution in [-0.2, 0) is 22.5 Å². The fourth-order valence-electron chi connectivity index (χ4n) is 2.05. The SMILES string of the molecule is NC(=O)COCCn1c(CCCl)nc2c(F)cc(F)cc21. The summed E-state index contributed by atoms with van der Waals surface area (Å²) in [7, 11) is 0. The molecule has 1 amide bonds. The van der Waals surface area contributed by atoms with Crippen molar-refractivity contribution in [3.63, 3.8) is 0 Å². The van der Waals surface area contributed by atoms with Crippen LogP contribution in [0.1, 0.15) is 5.82 Å². The molecule has 5 nitrogen and oxygen atoms in total. The molecule has 0 saturated carbocycles. The van der Waals surface area contributed by atoms with E-state index in [1.54, 1.807) is 4.57 Å². The molecule has 0 bridgehead atoms. The highest BCUT2D eigenvalue weighted by molar-refractivity contribution is 6.17. The minimum atomic E-state index is -0.724. The van der Waals surface area contributed by atoms with Gasteiger partial charge in [-0.25, -0.2) is 13.8 Å². The van der Waals surface area contributed by atoms with E-state index in [2.05, 4.69) is 4.98 Å². The first-order chi connectivity index (χ1) is 10.0. The number of hydrogen-bond acceptors (Lipinski definition) is 3. The number of nitrogens with zero attached hydrogens (tertiary/aromatic N) is 2. The number of ether oxygens (including phenoxy) is 1. The molecular formula is C13H14ClF2N3O2. The van der Waals surface area contributed by atoms with E-state index in [1.807, 2.05) is 0 Å². The summed E-state index contributed by atoms with van der Waals surface area (Å²) in [5.41, 5.74) is 5.38. The van der Waals surface area contributed by atoms with Crippen molar-refractivity contribution >= 4 is 28.5 Å². The van der Waals surface area contributed by atoms with Crippen molar-refractivity contribution in [1.82, 2.24) is 9.55 Å². The lowest BCUT2D eigenvalue weighted by Gasteiger charge is -2.08. The summed E-state index contributed by atoms with van der Waals surface area (Å²) in [4.78, 5) is 14.7. The third-order valence-corrected chi connectivity index (χ3v) is 3.06. The Labute approximate surface area is 124 Å². The van der Waals surface area contributed by atoms with Gasteiger partial charge in [0.15, 0.2) is 5.82 Å². The zero-order chi connectivity index (χ0) is 15.4. The van der Waals surface area contributed by atoms with Crippen molar-refractivity contribution in [2.75, 3.05) is 19.1 Å². The van der Waals surface area contributed by atoms with Gasteiger partial charge < -0.3 is 15.0 Å². The minimum absolute atomic E-state index is 0.0893. The van der Waals surface area contributed by atoms with Crippen molar-refractivity contribution in [2.24, 2.45) is 5.73 Å². The Morgan fingerprint density at radius 1 is 1.43 bits per heavy atom. The molecule has 0 fully saturated rings. The van der Waals surface area contributed by atoms with E-state index in [9.17, 15) is 13.6 Å². The molecule has 0 radical (unpaired) electrons. The number of aromatic nitrogens is 2. The van der Waals surface area contributed by atoms with E-state index in [4.69, 9.17) is 22.1 Å². The molecule has 0 aliphatic carbocycles. The van der Waals surface area contributed by atoms with Crippen LogP contribution in [0, 0.1) is 11.6 Å². The number of halogens is 3. The first kappa shape index (κ1) is 15.7. The van der Waals surface area contributed by atoms with E-state index in [1.165, 1.54) is 6.07 Å².